The van der Waals surface area contributed by atoms with Crippen LogP contribution in [0.15, 0.2) is 24.3 Å². The Morgan fingerprint density at radius 2 is 1.88 bits per heavy atom. The van der Waals surface area contributed by atoms with Crippen molar-refractivity contribution in [3.05, 3.63) is 35.4 Å². The lowest BCUT2D eigenvalue weighted by molar-refractivity contribution is -0.121. The Balaban J connectivity index is 2.36. The SMILES string of the molecule is CCc1ccc(CCC(=O)N[C@@H](C)CO)cc1. The van der Waals surface area contributed by atoms with Gasteiger partial charge in [0.25, 0.3) is 0 Å². The number of hydrogen-bond donors (Lipinski definition) is 2. The Hall–Kier alpha value is -1.35. The number of carbonyl (C=O) groups excluding carboxylic acids is 1. The van der Waals surface area contributed by atoms with Crippen molar-refractivity contribution in [3.8, 4) is 0 Å². The van der Waals surface area contributed by atoms with E-state index < -0.39 is 0 Å². The van der Waals surface area contributed by atoms with Crippen LogP contribution < -0.4 is 5.32 Å². The van der Waals surface area contributed by atoms with Gasteiger partial charge in [-0.25, -0.2) is 0 Å². The van der Waals surface area contributed by atoms with E-state index in [-0.39, 0.29) is 18.6 Å². The zero-order chi connectivity index (χ0) is 12.7. The van der Waals surface area contributed by atoms with Crippen molar-refractivity contribution in [2.24, 2.45) is 0 Å². The molecule has 3 heteroatoms. The highest BCUT2D eigenvalue weighted by Gasteiger charge is 2.06. The fourth-order valence-electron chi connectivity index (χ4n) is 1.59. The van der Waals surface area contributed by atoms with Gasteiger partial charge in [-0.2, -0.15) is 0 Å². The number of nitrogens with one attached hydrogen (secondary N) is 1. The first-order chi connectivity index (χ1) is 8.15. The minimum absolute atomic E-state index is 0.00822. The van der Waals surface area contributed by atoms with Crippen molar-refractivity contribution in [1.29, 1.82) is 0 Å². The predicted molar refractivity (Wildman–Crippen MR) is 68.8 cm³/mol. The topological polar surface area (TPSA) is 49.3 Å². The van der Waals surface area contributed by atoms with Gasteiger partial charge in [0.1, 0.15) is 0 Å². The van der Waals surface area contributed by atoms with Gasteiger partial charge in [0.2, 0.25) is 5.91 Å². The van der Waals surface area contributed by atoms with Crippen LogP contribution in [0, 0.1) is 0 Å². The first-order valence-corrected chi connectivity index (χ1v) is 6.13. The number of hydrogen-bond acceptors (Lipinski definition) is 2. The molecule has 94 valence electrons. The molecule has 0 fully saturated rings. The summed E-state index contributed by atoms with van der Waals surface area (Å²) in [6.07, 6.45) is 2.25. The summed E-state index contributed by atoms with van der Waals surface area (Å²) in [5.41, 5.74) is 2.49. The zero-order valence-corrected chi connectivity index (χ0v) is 10.6. The standard InChI is InChI=1S/C14H21NO2/c1-3-12-4-6-13(7-5-12)8-9-14(17)15-11(2)10-16/h4-7,11,16H,3,8-10H2,1-2H3,(H,15,17)/t11-/m0/s1. The molecule has 1 aromatic carbocycles. The predicted octanol–water partition coefficient (Wildman–Crippen LogP) is 1.68. The maximum absolute atomic E-state index is 11.5. The number of aliphatic hydroxyl groups is 1. The summed E-state index contributed by atoms with van der Waals surface area (Å²) in [5.74, 6) is -0.00822. The van der Waals surface area contributed by atoms with Gasteiger partial charge in [0.05, 0.1) is 6.61 Å². The maximum atomic E-state index is 11.5. The number of aryl methyl sites for hydroxylation is 2. The number of amides is 1. The van der Waals surface area contributed by atoms with Crippen LogP contribution in [-0.4, -0.2) is 23.7 Å². The van der Waals surface area contributed by atoms with E-state index in [4.69, 9.17) is 5.11 Å². The molecular weight excluding hydrogens is 214 g/mol. The normalized spacial score (nSPS) is 12.2. The molecule has 17 heavy (non-hydrogen) atoms. The molecular formula is C14H21NO2. The quantitative estimate of drug-likeness (QED) is 0.788. The van der Waals surface area contributed by atoms with Crippen LogP contribution in [0.4, 0.5) is 0 Å². The minimum atomic E-state index is -0.162. The summed E-state index contributed by atoms with van der Waals surface area (Å²) in [6, 6.07) is 8.18. The van der Waals surface area contributed by atoms with Crippen LogP contribution in [-0.2, 0) is 17.6 Å². The molecule has 0 aliphatic rings. The molecule has 1 amide bonds. The molecule has 0 saturated carbocycles. The third-order valence-electron chi connectivity index (χ3n) is 2.75. The van der Waals surface area contributed by atoms with E-state index in [9.17, 15) is 4.79 Å². The van der Waals surface area contributed by atoms with Crippen molar-refractivity contribution in [2.75, 3.05) is 6.61 Å². The van der Waals surface area contributed by atoms with Crippen LogP contribution >= 0.6 is 0 Å². The zero-order valence-electron chi connectivity index (χ0n) is 10.6. The van der Waals surface area contributed by atoms with E-state index in [1.807, 2.05) is 0 Å². The first kappa shape index (κ1) is 13.7. The Morgan fingerprint density at radius 3 is 2.41 bits per heavy atom. The molecule has 0 saturated heterocycles. The van der Waals surface area contributed by atoms with Gasteiger partial charge >= 0.3 is 0 Å². The van der Waals surface area contributed by atoms with Gasteiger partial charge in [-0.05, 0) is 30.9 Å². The average molecular weight is 235 g/mol. The number of rotatable bonds is 6. The molecule has 0 unspecified atom stereocenters. The largest absolute Gasteiger partial charge is 0.394 e. The summed E-state index contributed by atoms with van der Waals surface area (Å²) >= 11 is 0. The van der Waals surface area contributed by atoms with E-state index in [1.165, 1.54) is 11.1 Å². The number of carbonyl (C=O) groups is 1. The molecule has 1 aromatic rings. The van der Waals surface area contributed by atoms with Crippen LogP contribution in [0.5, 0.6) is 0 Å². The lowest BCUT2D eigenvalue weighted by atomic mass is 10.1. The average Bonchev–Trinajstić information content (AvgIpc) is 2.36. The highest BCUT2D eigenvalue weighted by molar-refractivity contribution is 5.76. The van der Waals surface area contributed by atoms with Crippen molar-refractivity contribution in [1.82, 2.24) is 5.32 Å². The molecule has 1 atom stereocenters. The van der Waals surface area contributed by atoms with E-state index in [1.54, 1.807) is 6.92 Å². The van der Waals surface area contributed by atoms with Gasteiger partial charge in [-0.3, -0.25) is 4.79 Å². The van der Waals surface area contributed by atoms with Gasteiger partial charge in [0.15, 0.2) is 0 Å². The van der Waals surface area contributed by atoms with Crippen LogP contribution in [0.2, 0.25) is 0 Å². The summed E-state index contributed by atoms with van der Waals surface area (Å²) in [4.78, 5) is 11.5. The monoisotopic (exact) mass is 235 g/mol. The van der Waals surface area contributed by atoms with Crippen molar-refractivity contribution in [3.63, 3.8) is 0 Å². The summed E-state index contributed by atoms with van der Waals surface area (Å²) < 4.78 is 0. The van der Waals surface area contributed by atoms with E-state index >= 15 is 0 Å². The van der Waals surface area contributed by atoms with Crippen LogP contribution in [0.3, 0.4) is 0 Å². The summed E-state index contributed by atoms with van der Waals surface area (Å²) in [7, 11) is 0. The van der Waals surface area contributed by atoms with E-state index in [0.29, 0.717) is 6.42 Å². The number of benzene rings is 1. The fraction of sp³-hybridized carbons (Fsp3) is 0.500. The molecule has 0 aromatic heterocycles. The molecule has 0 aliphatic carbocycles. The van der Waals surface area contributed by atoms with Gasteiger partial charge < -0.3 is 10.4 Å². The minimum Gasteiger partial charge on any atom is -0.394 e. The van der Waals surface area contributed by atoms with Gasteiger partial charge in [-0.15, -0.1) is 0 Å². The lowest BCUT2D eigenvalue weighted by Crippen LogP contribution is -2.35. The summed E-state index contributed by atoms with van der Waals surface area (Å²) in [6.45, 7) is 3.89. The molecule has 1 rings (SSSR count). The van der Waals surface area contributed by atoms with Crippen molar-refractivity contribution in [2.45, 2.75) is 39.2 Å². The molecule has 0 radical (unpaired) electrons. The summed E-state index contributed by atoms with van der Waals surface area (Å²) in [5, 5.41) is 11.5. The Labute approximate surface area is 103 Å². The molecule has 0 spiro atoms. The Bertz CT molecular complexity index is 346. The smallest absolute Gasteiger partial charge is 0.220 e. The molecule has 2 N–H and O–H groups in total. The molecule has 0 aliphatic heterocycles. The van der Waals surface area contributed by atoms with Gasteiger partial charge in [-0.1, -0.05) is 31.2 Å². The lowest BCUT2D eigenvalue weighted by Gasteiger charge is -2.10. The Morgan fingerprint density at radius 1 is 1.29 bits per heavy atom. The first-order valence-electron chi connectivity index (χ1n) is 6.13. The second-order valence-corrected chi connectivity index (χ2v) is 4.32. The molecule has 3 nitrogen and oxygen atoms in total. The van der Waals surface area contributed by atoms with E-state index in [0.717, 1.165) is 12.8 Å². The third-order valence-corrected chi connectivity index (χ3v) is 2.75. The van der Waals surface area contributed by atoms with Gasteiger partial charge in [0, 0.05) is 12.5 Å². The van der Waals surface area contributed by atoms with Crippen LogP contribution in [0.25, 0.3) is 0 Å². The number of aliphatic hydroxyl groups excluding tert-OH is 1. The highest BCUT2D eigenvalue weighted by atomic mass is 16.3. The third kappa shape index (κ3) is 5.00. The van der Waals surface area contributed by atoms with Crippen molar-refractivity contribution < 1.29 is 9.90 Å². The second-order valence-electron chi connectivity index (χ2n) is 4.32. The van der Waals surface area contributed by atoms with E-state index in [2.05, 4.69) is 36.5 Å². The van der Waals surface area contributed by atoms with Crippen LogP contribution in [0.1, 0.15) is 31.4 Å². The Kier molecular flexibility index (Phi) is 5.70. The second kappa shape index (κ2) is 7.07. The molecule has 0 bridgehead atoms. The fourth-order valence-corrected chi connectivity index (χ4v) is 1.59. The highest BCUT2D eigenvalue weighted by Crippen LogP contribution is 2.07. The molecule has 0 heterocycles. The maximum Gasteiger partial charge on any atom is 0.220 e. The van der Waals surface area contributed by atoms with Crippen molar-refractivity contribution >= 4 is 5.91 Å².